The van der Waals surface area contributed by atoms with Gasteiger partial charge in [-0.2, -0.15) is 5.10 Å². The molecule has 0 saturated heterocycles. The maximum absolute atomic E-state index is 10.6. The molecule has 0 bridgehead atoms. The first kappa shape index (κ1) is 12.1. The number of aliphatic hydroxyl groups excluding tert-OH is 1. The van der Waals surface area contributed by atoms with Gasteiger partial charge in [-0.25, -0.2) is 0 Å². The minimum atomic E-state index is -0.410. The number of aryl methyl sites for hydroxylation is 1. The Labute approximate surface area is 105 Å². The van der Waals surface area contributed by atoms with Crippen molar-refractivity contribution in [3.05, 3.63) is 16.4 Å². The van der Waals surface area contributed by atoms with Crippen molar-refractivity contribution in [2.75, 3.05) is 0 Å². The Kier molecular flexibility index (Phi) is 3.40. The van der Waals surface area contributed by atoms with E-state index in [4.69, 9.17) is 0 Å². The molecule has 1 aliphatic carbocycles. The van der Waals surface area contributed by atoms with Gasteiger partial charge in [0.15, 0.2) is 0 Å². The van der Waals surface area contributed by atoms with Crippen molar-refractivity contribution in [2.24, 2.45) is 5.41 Å². The van der Waals surface area contributed by atoms with E-state index in [0.29, 0.717) is 0 Å². The fraction of sp³-hybridized carbons (Fsp3) is 0.750. The van der Waals surface area contributed by atoms with Crippen LogP contribution in [0.15, 0.2) is 10.7 Å². The van der Waals surface area contributed by atoms with Crippen LogP contribution in [0.3, 0.4) is 0 Å². The van der Waals surface area contributed by atoms with Crippen LogP contribution in [0.5, 0.6) is 0 Å². The standard InChI is InChI=1S/C12H19BrN2O/c1-3-15-10(9(13)8-14-15)11(16)12(2)6-4-5-7-12/h8,11,16H,3-7H2,1-2H3. The molecule has 1 saturated carbocycles. The van der Waals surface area contributed by atoms with E-state index in [-0.39, 0.29) is 5.41 Å². The first-order chi connectivity index (χ1) is 7.58. The lowest BCUT2D eigenvalue weighted by atomic mass is 9.81. The van der Waals surface area contributed by atoms with Gasteiger partial charge in [0, 0.05) is 6.54 Å². The highest BCUT2D eigenvalue weighted by molar-refractivity contribution is 9.10. The Balaban J connectivity index is 2.32. The summed E-state index contributed by atoms with van der Waals surface area (Å²) in [6.07, 6.45) is 6.04. The third-order valence-electron chi connectivity index (χ3n) is 3.80. The van der Waals surface area contributed by atoms with Crippen molar-refractivity contribution in [1.82, 2.24) is 9.78 Å². The third kappa shape index (κ3) is 1.93. The summed E-state index contributed by atoms with van der Waals surface area (Å²) in [7, 11) is 0. The largest absolute Gasteiger partial charge is 0.386 e. The quantitative estimate of drug-likeness (QED) is 0.926. The van der Waals surface area contributed by atoms with Crippen molar-refractivity contribution in [3.8, 4) is 0 Å². The van der Waals surface area contributed by atoms with Crippen LogP contribution in [0.2, 0.25) is 0 Å². The van der Waals surface area contributed by atoms with Crippen LogP contribution in [0, 0.1) is 5.41 Å². The second kappa shape index (κ2) is 4.49. The number of rotatable bonds is 3. The Morgan fingerprint density at radius 2 is 2.19 bits per heavy atom. The normalized spacial score (nSPS) is 21.2. The summed E-state index contributed by atoms with van der Waals surface area (Å²) < 4.78 is 2.81. The summed E-state index contributed by atoms with van der Waals surface area (Å²) in [6.45, 7) is 5.03. The zero-order valence-corrected chi connectivity index (χ0v) is 11.5. The van der Waals surface area contributed by atoms with Crippen molar-refractivity contribution in [2.45, 2.75) is 52.2 Å². The molecule has 1 aromatic heterocycles. The molecular formula is C12H19BrN2O. The summed E-state index contributed by atoms with van der Waals surface area (Å²) in [5.41, 5.74) is 0.960. The van der Waals surface area contributed by atoms with Crippen LogP contribution >= 0.6 is 15.9 Å². The van der Waals surface area contributed by atoms with Gasteiger partial charge in [-0.15, -0.1) is 0 Å². The molecule has 1 heterocycles. The highest BCUT2D eigenvalue weighted by atomic mass is 79.9. The van der Waals surface area contributed by atoms with Crippen LogP contribution in [0.4, 0.5) is 0 Å². The molecule has 0 aliphatic heterocycles. The van der Waals surface area contributed by atoms with E-state index in [2.05, 4.69) is 28.0 Å². The van der Waals surface area contributed by atoms with E-state index < -0.39 is 6.10 Å². The predicted octanol–water partition coefficient (Wildman–Crippen LogP) is 3.28. The predicted molar refractivity (Wildman–Crippen MR) is 67.1 cm³/mol. The molecule has 0 amide bonds. The highest BCUT2D eigenvalue weighted by Gasteiger charge is 2.39. The van der Waals surface area contributed by atoms with Crippen LogP contribution in [0.25, 0.3) is 0 Å². The smallest absolute Gasteiger partial charge is 0.102 e. The summed E-state index contributed by atoms with van der Waals surface area (Å²) >= 11 is 3.49. The van der Waals surface area contributed by atoms with Gasteiger partial charge in [-0.3, -0.25) is 4.68 Å². The van der Waals surface area contributed by atoms with Crippen LogP contribution in [0.1, 0.15) is 51.3 Å². The molecule has 0 radical (unpaired) electrons. The van der Waals surface area contributed by atoms with Gasteiger partial charge in [0.05, 0.1) is 16.4 Å². The van der Waals surface area contributed by atoms with Gasteiger partial charge in [0.2, 0.25) is 0 Å². The number of hydrogen-bond acceptors (Lipinski definition) is 2. The molecule has 1 unspecified atom stereocenters. The fourth-order valence-corrected chi connectivity index (χ4v) is 3.20. The van der Waals surface area contributed by atoms with Gasteiger partial charge in [-0.05, 0) is 41.1 Å². The topological polar surface area (TPSA) is 38.0 Å². The Morgan fingerprint density at radius 1 is 1.56 bits per heavy atom. The number of nitrogens with zero attached hydrogens (tertiary/aromatic N) is 2. The molecule has 1 aliphatic rings. The second-order valence-electron chi connectivity index (χ2n) is 4.96. The molecule has 90 valence electrons. The summed E-state index contributed by atoms with van der Waals surface area (Å²) in [5.74, 6) is 0. The van der Waals surface area contributed by atoms with Crippen molar-refractivity contribution in [3.63, 3.8) is 0 Å². The van der Waals surface area contributed by atoms with Crippen LogP contribution in [-0.2, 0) is 6.54 Å². The van der Waals surface area contributed by atoms with Crippen molar-refractivity contribution < 1.29 is 5.11 Å². The molecule has 1 atom stereocenters. The molecule has 1 fully saturated rings. The lowest BCUT2D eigenvalue weighted by Crippen LogP contribution is -2.24. The maximum Gasteiger partial charge on any atom is 0.102 e. The minimum Gasteiger partial charge on any atom is -0.386 e. The second-order valence-corrected chi connectivity index (χ2v) is 5.81. The molecular weight excluding hydrogens is 268 g/mol. The first-order valence-electron chi connectivity index (χ1n) is 5.98. The van der Waals surface area contributed by atoms with E-state index in [0.717, 1.165) is 29.6 Å². The molecule has 0 aromatic carbocycles. The Morgan fingerprint density at radius 3 is 2.75 bits per heavy atom. The minimum absolute atomic E-state index is 0.0233. The number of aromatic nitrogens is 2. The number of aliphatic hydroxyl groups is 1. The van der Waals surface area contributed by atoms with Gasteiger partial charge in [0.25, 0.3) is 0 Å². The molecule has 2 rings (SSSR count). The Bertz CT molecular complexity index is 369. The number of hydrogen-bond donors (Lipinski definition) is 1. The van der Waals surface area contributed by atoms with Gasteiger partial charge in [-0.1, -0.05) is 19.8 Å². The molecule has 0 spiro atoms. The highest BCUT2D eigenvalue weighted by Crippen LogP contribution is 2.48. The van der Waals surface area contributed by atoms with Crippen LogP contribution in [-0.4, -0.2) is 14.9 Å². The Hall–Kier alpha value is -0.350. The van der Waals surface area contributed by atoms with Crippen molar-refractivity contribution >= 4 is 15.9 Å². The molecule has 1 N–H and O–H groups in total. The lowest BCUT2D eigenvalue weighted by Gasteiger charge is -2.30. The van der Waals surface area contributed by atoms with E-state index in [1.807, 2.05) is 11.6 Å². The lowest BCUT2D eigenvalue weighted by molar-refractivity contribution is 0.0330. The average molecular weight is 287 g/mol. The summed E-state index contributed by atoms with van der Waals surface area (Å²) in [5, 5.41) is 14.8. The van der Waals surface area contributed by atoms with E-state index in [1.165, 1.54) is 12.8 Å². The molecule has 3 nitrogen and oxygen atoms in total. The van der Waals surface area contributed by atoms with E-state index in [1.54, 1.807) is 6.20 Å². The SMILES string of the molecule is CCn1ncc(Br)c1C(O)C1(C)CCCC1. The third-order valence-corrected chi connectivity index (χ3v) is 4.41. The average Bonchev–Trinajstić information content (AvgIpc) is 2.85. The molecule has 16 heavy (non-hydrogen) atoms. The van der Waals surface area contributed by atoms with Gasteiger partial charge < -0.3 is 5.11 Å². The number of halogens is 1. The van der Waals surface area contributed by atoms with Gasteiger partial charge in [0.1, 0.15) is 6.10 Å². The maximum atomic E-state index is 10.6. The first-order valence-corrected chi connectivity index (χ1v) is 6.77. The van der Waals surface area contributed by atoms with Crippen molar-refractivity contribution in [1.29, 1.82) is 0 Å². The zero-order valence-electron chi connectivity index (χ0n) is 9.91. The summed E-state index contributed by atoms with van der Waals surface area (Å²) in [4.78, 5) is 0. The zero-order chi connectivity index (χ0) is 11.8. The van der Waals surface area contributed by atoms with Gasteiger partial charge >= 0.3 is 0 Å². The van der Waals surface area contributed by atoms with Crippen LogP contribution < -0.4 is 0 Å². The summed E-state index contributed by atoms with van der Waals surface area (Å²) in [6, 6.07) is 0. The molecule has 4 heteroatoms. The fourth-order valence-electron chi connectivity index (χ4n) is 2.68. The van der Waals surface area contributed by atoms with E-state index in [9.17, 15) is 5.11 Å². The molecule has 1 aromatic rings. The van der Waals surface area contributed by atoms with E-state index >= 15 is 0 Å². The monoisotopic (exact) mass is 286 g/mol.